The lowest BCUT2D eigenvalue weighted by Crippen LogP contribution is -2.03. The van der Waals surface area contributed by atoms with Crippen molar-refractivity contribution in [3.63, 3.8) is 0 Å². The maximum atomic E-state index is 11.6. The number of ether oxygens (including phenoxy) is 2. The Balaban J connectivity index is 1.51. The van der Waals surface area contributed by atoms with Crippen LogP contribution in [0.3, 0.4) is 0 Å². The summed E-state index contributed by atoms with van der Waals surface area (Å²) in [5, 5.41) is 0. The van der Waals surface area contributed by atoms with Crippen LogP contribution in [-0.4, -0.2) is 23.4 Å². The highest BCUT2D eigenvalue weighted by Gasteiger charge is 2.04. The maximum absolute atomic E-state index is 11.6. The zero-order chi connectivity index (χ0) is 19.2. The normalized spacial score (nSPS) is 11.0. The summed E-state index contributed by atoms with van der Waals surface area (Å²) in [6.45, 7) is 0. The highest BCUT2D eigenvalue weighted by atomic mass is 32.2. The van der Waals surface area contributed by atoms with E-state index in [-0.39, 0.29) is 11.9 Å². The van der Waals surface area contributed by atoms with Crippen LogP contribution in [0, 0.1) is 0 Å². The van der Waals surface area contributed by atoms with Crippen LogP contribution in [0.2, 0.25) is 0 Å². The molecule has 0 fully saturated rings. The minimum absolute atomic E-state index is 0.289. The monoisotopic (exact) mass is 382 g/mol. The number of hydrogen-bond donors (Lipinski definition) is 0. The Morgan fingerprint density at radius 1 is 0.704 bits per heavy atom. The number of carbonyl (C=O) groups excluding carboxylic acids is 2. The van der Waals surface area contributed by atoms with Crippen LogP contribution in [0.15, 0.2) is 73.2 Å². The van der Waals surface area contributed by atoms with Crippen LogP contribution in [-0.2, 0) is 19.1 Å². The maximum Gasteiger partial charge on any atom is 0.311 e. The Bertz CT molecular complexity index is 689. The summed E-state index contributed by atoms with van der Waals surface area (Å²) in [5.74, 6) is 0.627. The quantitative estimate of drug-likeness (QED) is 0.331. The summed E-state index contributed by atoms with van der Waals surface area (Å²) < 4.78 is 10.1. The van der Waals surface area contributed by atoms with Gasteiger partial charge in [-0.25, -0.2) is 0 Å². The van der Waals surface area contributed by atoms with E-state index >= 15 is 0 Å². The SMILES string of the molecule is O=C(CCSCCC(=O)OC=Cc1ccccc1)OC=Cc1ccccc1. The molecule has 0 radical (unpaired) electrons. The van der Waals surface area contributed by atoms with Crippen molar-refractivity contribution in [2.45, 2.75) is 12.8 Å². The first-order valence-electron chi connectivity index (χ1n) is 8.64. The average Bonchev–Trinajstić information content (AvgIpc) is 2.69. The number of rotatable bonds is 10. The molecule has 0 unspecified atom stereocenters. The van der Waals surface area contributed by atoms with Gasteiger partial charge in [-0.15, -0.1) is 0 Å². The van der Waals surface area contributed by atoms with Gasteiger partial charge in [0.05, 0.1) is 25.4 Å². The molecule has 0 spiro atoms. The fraction of sp³-hybridized carbons (Fsp3) is 0.182. The van der Waals surface area contributed by atoms with Gasteiger partial charge >= 0.3 is 11.9 Å². The molecular formula is C22H22O4S. The molecule has 0 bridgehead atoms. The zero-order valence-corrected chi connectivity index (χ0v) is 15.8. The molecule has 0 aliphatic heterocycles. The van der Waals surface area contributed by atoms with Gasteiger partial charge in [0.25, 0.3) is 0 Å². The predicted octanol–water partition coefficient (Wildman–Crippen LogP) is 4.93. The summed E-state index contributed by atoms with van der Waals surface area (Å²) in [5.41, 5.74) is 1.94. The molecule has 0 amide bonds. The lowest BCUT2D eigenvalue weighted by molar-refractivity contribution is -0.138. The van der Waals surface area contributed by atoms with E-state index in [9.17, 15) is 9.59 Å². The number of benzene rings is 2. The van der Waals surface area contributed by atoms with E-state index in [1.165, 1.54) is 24.3 Å². The first-order chi connectivity index (χ1) is 13.2. The van der Waals surface area contributed by atoms with Crippen LogP contribution in [0.5, 0.6) is 0 Å². The minimum Gasteiger partial charge on any atom is -0.434 e. The second-order valence-electron chi connectivity index (χ2n) is 5.52. The fourth-order valence-corrected chi connectivity index (χ4v) is 2.86. The number of carbonyl (C=O) groups is 2. The van der Waals surface area contributed by atoms with Gasteiger partial charge in [0.1, 0.15) is 0 Å². The van der Waals surface area contributed by atoms with Crippen molar-refractivity contribution in [3.8, 4) is 0 Å². The van der Waals surface area contributed by atoms with Crippen LogP contribution in [0.4, 0.5) is 0 Å². The van der Waals surface area contributed by atoms with Crippen molar-refractivity contribution in [2.75, 3.05) is 11.5 Å². The van der Waals surface area contributed by atoms with Crippen LogP contribution < -0.4 is 0 Å². The second kappa shape index (κ2) is 12.5. The van der Waals surface area contributed by atoms with E-state index in [4.69, 9.17) is 9.47 Å². The molecule has 4 nitrogen and oxygen atoms in total. The Morgan fingerprint density at radius 3 is 1.52 bits per heavy atom. The van der Waals surface area contributed by atoms with Crippen LogP contribution in [0.1, 0.15) is 24.0 Å². The van der Waals surface area contributed by atoms with E-state index < -0.39 is 0 Å². The highest BCUT2D eigenvalue weighted by molar-refractivity contribution is 7.99. The smallest absolute Gasteiger partial charge is 0.311 e. The summed E-state index contributed by atoms with van der Waals surface area (Å²) in [6.07, 6.45) is 6.88. The van der Waals surface area contributed by atoms with Crippen LogP contribution in [0.25, 0.3) is 12.2 Å². The molecule has 0 aliphatic rings. The van der Waals surface area contributed by atoms with Crippen molar-refractivity contribution in [1.29, 1.82) is 0 Å². The van der Waals surface area contributed by atoms with Crippen molar-refractivity contribution < 1.29 is 19.1 Å². The standard InChI is InChI=1S/C22H22O4S/c23-21(25-15-11-19-7-3-1-4-8-19)13-17-27-18-14-22(24)26-16-12-20-9-5-2-6-10-20/h1-12,15-16H,13-14,17-18H2. The third kappa shape index (κ3) is 9.47. The van der Waals surface area contributed by atoms with Crippen molar-refractivity contribution in [2.24, 2.45) is 0 Å². The van der Waals surface area contributed by atoms with Gasteiger partial charge in [0.15, 0.2) is 0 Å². The van der Waals surface area contributed by atoms with Crippen LogP contribution >= 0.6 is 11.8 Å². The topological polar surface area (TPSA) is 52.6 Å². The number of hydrogen-bond acceptors (Lipinski definition) is 5. The lowest BCUT2D eigenvalue weighted by Gasteiger charge is -2.01. The molecule has 5 heteroatoms. The summed E-state index contributed by atoms with van der Waals surface area (Å²) in [4.78, 5) is 23.2. The first kappa shape index (κ1) is 20.5. The van der Waals surface area contributed by atoms with E-state index in [1.807, 2.05) is 60.7 Å². The van der Waals surface area contributed by atoms with Gasteiger partial charge in [-0.2, -0.15) is 11.8 Å². The lowest BCUT2D eigenvalue weighted by atomic mass is 10.2. The second-order valence-corrected chi connectivity index (χ2v) is 6.74. The molecule has 0 saturated carbocycles. The Hall–Kier alpha value is -2.79. The Labute approximate surface area is 163 Å². The van der Waals surface area contributed by atoms with Gasteiger partial charge in [-0.05, 0) is 23.3 Å². The first-order valence-corrected chi connectivity index (χ1v) is 9.79. The molecule has 27 heavy (non-hydrogen) atoms. The van der Waals surface area contributed by atoms with E-state index in [0.29, 0.717) is 24.3 Å². The molecule has 0 saturated heterocycles. The summed E-state index contributed by atoms with van der Waals surface area (Å²) >= 11 is 1.52. The van der Waals surface area contributed by atoms with Gasteiger partial charge in [-0.3, -0.25) is 9.59 Å². The van der Waals surface area contributed by atoms with Gasteiger partial charge in [-0.1, -0.05) is 60.7 Å². The van der Waals surface area contributed by atoms with Gasteiger partial charge < -0.3 is 9.47 Å². The molecule has 0 aromatic heterocycles. The fourth-order valence-electron chi connectivity index (χ4n) is 2.04. The van der Waals surface area contributed by atoms with Gasteiger partial charge in [0, 0.05) is 11.5 Å². The zero-order valence-electron chi connectivity index (χ0n) is 15.0. The molecule has 2 rings (SSSR count). The largest absolute Gasteiger partial charge is 0.434 e. The molecule has 2 aromatic rings. The summed E-state index contributed by atoms with van der Waals surface area (Å²) in [6, 6.07) is 19.2. The number of esters is 2. The average molecular weight is 382 g/mol. The molecule has 0 heterocycles. The Kier molecular flexibility index (Phi) is 9.53. The minimum atomic E-state index is -0.289. The van der Waals surface area contributed by atoms with E-state index in [0.717, 1.165) is 11.1 Å². The summed E-state index contributed by atoms with van der Waals surface area (Å²) in [7, 11) is 0. The molecule has 2 aromatic carbocycles. The highest BCUT2D eigenvalue weighted by Crippen LogP contribution is 2.08. The van der Waals surface area contributed by atoms with Crippen molar-refractivity contribution in [1.82, 2.24) is 0 Å². The molecular weight excluding hydrogens is 360 g/mol. The molecule has 0 aliphatic carbocycles. The number of thioether (sulfide) groups is 1. The van der Waals surface area contributed by atoms with E-state index in [2.05, 4.69) is 0 Å². The third-order valence-corrected chi connectivity index (χ3v) is 4.41. The Morgan fingerprint density at radius 2 is 1.11 bits per heavy atom. The van der Waals surface area contributed by atoms with Crippen molar-refractivity contribution in [3.05, 3.63) is 84.3 Å². The molecule has 0 atom stereocenters. The molecule has 0 N–H and O–H groups in total. The predicted molar refractivity (Wildman–Crippen MR) is 110 cm³/mol. The molecule has 140 valence electrons. The van der Waals surface area contributed by atoms with E-state index in [1.54, 1.807) is 12.2 Å². The van der Waals surface area contributed by atoms with Crippen molar-refractivity contribution >= 4 is 35.9 Å². The third-order valence-electron chi connectivity index (χ3n) is 3.42. The van der Waals surface area contributed by atoms with Gasteiger partial charge in [0.2, 0.25) is 0 Å².